The van der Waals surface area contributed by atoms with Crippen LogP contribution in [0.4, 0.5) is 17.6 Å². The van der Waals surface area contributed by atoms with Crippen LogP contribution in [0.3, 0.4) is 0 Å². The first kappa shape index (κ1) is 18.4. The number of nitrogens with zero attached hydrogens (tertiary/aromatic N) is 5. The van der Waals surface area contributed by atoms with E-state index in [1.807, 2.05) is 18.5 Å². The summed E-state index contributed by atoms with van der Waals surface area (Å²) >= 11 is 0. The van der Waals surface area contributed by atoms with Crippen molar-refractivity contribution >= 4 is 28.5 Å². The lowest BCUT2D eigenvalue weighted by Crippen LogP contribution is -2.37. The van der Waals surface area contributed by atoms with Gasteiger partial charge in [-0.1, -0.05) is 12.8 Å². The smallest absolute Gasteiger partial charge is 0.227 e. The zero-order valence-electron chi connectivity index (χ0n) is 16.9. The highest BCUT2D eigenvalue weighted by Crippen LogP contribution is 2.33. The Balaban J connectivity index is 0.00000218. The molecular formula is C22H30N6O. The molecule has 4 heterocycles. The van der Waals surface area contributed by atoms with Gasteiger partial charge in [0, 0.05) is 57.7 Å². The highest BCUT2D eigenvalue weighted by molar-refractivity contribution is 5.82. The van der Waals surface area contributed by atoms with Crippen molar-refractivity contribution in [2.45, 2.75) is 50.7 Å². The summed E-state index contributed by atoms with van der Waals surface area (Å²) in [6.45, 7) is 1.84. The first-order valence-electron chi connectivity index (χ1n) is 10.6. The Morgan fingerprint density at radius 1 is 1.07 bits per heavy atom. The molecule has 0 aromatic carbocycles. The van der Waals surface area contributed by atoms with Crippen molar-refractivity contribution in [1.82, 2.24) is 19.5 Å². The number of methoxy groups -OCH3 is 1. The maximum Gasteiger partial charge on any atom is 0.227 e. The maximum absolute atomic E-state index is 5.46. The van der Waals surface area contributed by atoms with E-state index in [4.69, 9.17) is 9.72 Å². The fourth-order valence-corrected chi connectivity index (χ4v) is 4.61. The second-order valence-electron chi connectivity index (χ2n) is 8.08. The van der Waals surface area contributed by atoms with Gasteiger partial charge in [-0.3, -0.25) is 0 Å². The van der Waals surface area contributed by atoms with Gasteiger partial charge in [-0.15, -0.1) is 0 Å². The molecule has 0 atom stereocenters. The highest BCUT2D eigenvalue weighted by Gasteiger charge is 2.21. The van der Waals surface area contributed by atoms with Gasteiger partial charge in [0.1, 0.15) is 11.6 Å². The molecule has 5 rings (SSSR count). The summed E-state index contributed by atoms with van der Waals surface area (Å²) in [4.78, 5) is 16.0. The van der Waals surface area contributed by atoms with E-state index in [9.17, 15) is 0 Å². The number of hydrogen-bond acceptors (Lipinski definition) is 6. The zero-order valence-corrected chi connectivity index (χ0v) is 16.9. The molecule has 0 unspecified atom stereocenters. The number of aromatic nitrogens is 4. The van der Waals surface area contributed by atoms with Crippen LogP contribution in [0, 0.1) is 0 Å². The minimum Gasteiger partial charge on any atom is -0.381 e. The molecule has 0 bridgehead atoms. The Morgan fingerprint density at radius 3 is 2.69 bits per heavy atom. The number of anilines is 3. The third-order valence-corrected chi connectivity index (χ3v) is 6.28. The third kappa shape index (κ3) is 3.79. The SMILES string of the molecule is COC1CCN(c2nccc(Nc3cc4c(ccn4C4CCCC4)cn3)n2)CC1.[HH]. The fourth-order valence-electron chi connectivity index (χ4n) is 4.61. The minimum atomic E-state index is 0. The van der Waals surface area contributed by atoms with Crippen LogP contribution < -0.4 is 10.2 Å². The topological polar surface area (TPSA) is 68.1 Å². The Morgan fingerprint density at radius 2 is 1.90 bits per heavy atom. The van der Waals surface area contributed by atoms with Crippen LogP contribution in [0.2, 0.25) is 0 Å². The molecule has 7 heteroatoms. The lowest BCUT2D eigenvalue weighted by molar-refractivity contribution is 0.0816. The summed E-state index contributed by atoms with van der Waals surface area (Å²) in [5.74, 6) is 2.35. The van der Waals surface area contributed by atoms with Crippen molar-refractivity contribution < 1.29 is 6.16 Å². The molecule has 154 valence electrons. The molecule has 1 saturated heterocycles. The van der Waals surface area contributed by atoms with Crippen molar-refractivity contribution in [2.75, 3.05) is 30.4 Å². The Hall–Kier alpha value is -2.67. The van der Waals surface area contributed by atoms with Gasteiger partial charge in [0.2, 0.25) is 5.95 Å². The molecule has 1 aliphatic heterocycles. The van der Waals surface area contributed by atoms with Crippen LogP contribution in [0.1, 0.15) is 46.0 Å². The van der Waals surface area contributed by atoms with E-state index in [2.05, 4.69) is 43.1 Å². The molecule has 29 heavy (non-hydrogen) atoms. The van der Waals surface area contributed by atoms with Crippen LogP contribution >= 0.6 is 0 Å². The standard InChI is InChI=1S/C22H28N6O.H2/c1-29-18-8-11-27(12-9-18)22-23-10-6-20(26-22)25-21-14-19-16(15-24-21)7-13-28(19)17-4-2-3-5-17;/h6-7,10,13-15,17-18H,2-5,8-9,11-12H2,1H3,(H,23,24,25,26);1H. The van der Waals surface area contributed by atoms with Crippen molar-refractivity contribution in [3.8, 4) is 0 Å². The van der Waals surface area contributed by atoms with Crippen molar-refractivity contribution in [2.24, 2.45) is 0 Å². The summed E-state index contributed by atoms with van der Waals surface area (Å²) < 4.78 is 7.88. The van der Waals surface area contributed by atoms with Crippen molar-refractivity contribution in [3.63, 3.8) is 0 Å². The summed E-state index contributed by atoms with van der Waals surface area (Å²) in [6, 6.07) is 6.81. The third-order valence-electron chi connectivity index (χ3n) is 6.28. The fraction of sp³-hybridized carbons (Fsp3) is 0.500. The van der Waals surface area contributed by atoms with Gasteiger partial charge in [0.25, 0.3) is 0 Å². The van der Waals surface area contributed by atoms with Crippen LogP contribution in [-0.4, -0.2) is 45.8 Å². The van der Waals surface area contributed by atoms with Gasteiger partial charge < -0.3 is 19.5 Å². The van der Waals surface area contributed by atoms with Gasteiger partial charge >= 0.3 is 0 Å². The van der Waals surface area contributed by atoms with E-state index in [0.29, 0.717) is 12.1 Å². The minimum absolute atomic E-state index is 0. The second kappa shape index (κ2) is 7.99. The lowest BCUT2D eigenvalue weighted by atomic mass is 10.1. The number of hydrogen-bond donors (Lipinski definition) is 1. The molecule has 3 aromatic heterocycles. The van der Waals surface area contributed by atoms with E-state index in [1.165, 1.54) is 36.6 Å². The summed E-state index contributed by atoms with van der Waals surface area (Å²) in [5.41, 5.74) is 1.24. The average Bonchev–Trinajstić information content (AvgIpc) is 3.43. The molecule has 0 spiro atoms. The van der Waals surface area contributed by atoms with Gasteiger partial charge in [-0.25, -0.2) is 9.97 Å². The molecular weight excluding hydrogens is 364 g/mol. The predicted octanol–water partition coefficient (Wildman–Crippen LogP) is 4.55. The maximum atomic E-state index is 5.46. The van der Waals surface area contributed by atoms with E-state index in [0.717, 1.165) is 43.5 Å². The molecule has 3 aromatic rings. The van der Waals surface area contributed by atoms with Gasteiger partial charge in [-0.2, -0.15) is 4.98 Å². The Labute approximate surface area is 172 Å². The molecule has 2 aliphatic rings. The van der Waals surface area contributed by atoms with E-state index in [1.54, 1.807) is 7.11 Å². The molecule has 0 radical (unpaired) electrons. The average molecular weight is 395 g/mol. The van der Waals surface area contributed by atoms with Crippen molar-refractivity contribution in [1.29, 1.82) is 0 Å². The molecule has 1 N–H and O–H groups in total. The van der Waals surface area contributed by atoms with Gasteiger partial charge in [0.15, 0.2) is 0 Å². The molecule has 1 saturated carbocycles. The molecule has 1 aliphatic carbocycles. The Bertz CT molecular complexity index is 979. The van der Waals surface area contributed by atoms with Crippen LogP contribution in [-0.2, 0) is 4.74 Å². The quantitative estimate of drug-likeness (QED) is 0.685. The van der Waals surface area contributed by atoms with Crippen LogP contribution in [0.5, 0.6) is 0 Å². The number of pyridine rings is 1. The van der Waals surface area contributed by atoms with E-state index < -0.39 is 0 Å². The predicted molar refractivity (Wildman–Crippen MR) is 117 cm³/mol. The lowest BCUT2D eigenvalue weighted by Gasteiger charge is -2.31. The Kier molecular flexibility index (Phi) is 5.06. The van der Waals surface area contributed by atoms with Crippen LogP contribution in [0.15, 0.2) is 36.8 Å². The van der Waals surface area contributed by atoms with Gasteiger partial charge in [0.05, 0.1) is 11.6 Å². The summed E-state index contributed by atoms with van der Waals surface area (Å²) in [6.07, 6.45) is 13.5. The molecule has 2 fully saturated rings. The number of nitrogens with one attached hydrogen (secondary N) is 1. The first-order valence-corrected chi connectivity index (χ1v) is 10.6. The highest BCUT2D eigenvalue weighted by atomic mass is 16.5. The largest absolute Gasteiger partial charge is 0.381 e. The summed E-state index contributed by atoms with van der Waals surface area (Å²) in [7, 11) is 1.79. The van der Waals surface area contributed by atoms with Crippen LogP contribution in [0.25, 0.3) is 10.9 Å². The first-order chi connectivity index (χ1) is 14.3. The van der Waals surface area contributed by atoms with E-state index >= 15 is 0 Å². The zero-order chi connectivity index (χ0) is 19.6. The molecule has 7 nitrogen and oxygen atoms in total. The van der Waals surface area contributed by atoms with Gasteiger partial charge in [-0.05, 0) is 37.8 Å². The second-order valence-corrected chi connectivity index (χ2v) is 8.08. The number of rotatable bonds is 5. The van der Waals surface area contributed by atoms with Crippen molar-refractivity contribution in [3.05, 3.63) is 36.8 Å². The normalized spacial score (nSPS) is 18.6. The number of piperidine rings is 1. The van der Waals surface area contributed by atoms with E-state index in [-0.39, 0.29) is 1.43 Å². The molecule has 0 amide bonds. The summed E-state index contributed by atoms with van der Waals surface area (Å²) in [5, 5.41) is 4.56. The monoisotopic (exact) mass is 394 g/mol. The number of fused-ring (bicyclic) bond motifs is 1. The number of ether oxygens (including phenoxy) is 1.